The lowest BCUT2D eigenvalue weighted by Crippen LogP contribution is -2.50. The van der Waals surface area contributed by atoms with Crippen LogP contribution in [0.1, 0.15) is 38.3 Å². The van der Waals surface area contributed by atoms with Crippen molar-refractivity contribution in [3.05, 3.63) is 63.6 Å². The number of carbonyl (C=O) groups is 2. The van der Waals surface area contributed by atoms with Crippen molar-refractivity contribution in [2.45, 2.75) is 52.7 Å². The second kappa shape index (κ2) is 11.2. The molecule has 7 heteroatoms. The Morgan fingerprint density at radius 2 is 1.80 bits per heavy atom. The van der Waals surface area contributed by atoms with Crippen molar-refractivity contribution in [3.63, 3.8) is 0 Å². The summed E-state index contributed by atoms with van der Waals surface area (Å²) >= 11 is 12.3. The topological polar surface area (TPSA) is 58.6 Å². The Morgan fingerprint density at radius 1 is 1.10 bits per heavy atom. The molecule has 0 bridgehead atoms. The van der Waals surface area contributed by atoms with Crippen molar-refractivity contribution in [1.82, 2.24) is 10.2 Å². The van der Waals surface area contributed by atoms with Gasteiger partial charge in [-0.05, 0) is 62.6 Å². The third-order valence-electron chi connectivity index (χ3n) is 4.96. The number of halogens is 2. The van der Waals surface area contributed by atoms with Crippen molar-refractivity contribution in [2.75, 3.05) is 6.61 Å². The Labute approximate surface area is 188 Å². The number of carbonyl (C=O) groups excluding carboxylic acids is 2. The lowest BCUT2D eigenvalue weighted by atomic mass is 10.1. The van der Waals surface area contributed by atoms with Gasteiger partial charge in [0.2, 0.25) is 5.91 Å². The van der Waals surface area contributed by atoms with E-state index in [9.17, 15) is 9.59 Å². The number of ether oxygens (including phenoxy) is 1. The number of benzene rings is 2. The van der Waals surface area contributed by atoms with Gasteiger partial charge in [0.1, 0.15) is 11.8 Å². The summed E-state index contributed by atoms with van der Waals surface area (Å²) in [6.45, 7) is 7.49. The number of rotatable bonds is 9. The standard InChI is InChI=1S/C23H28Cl2N2O3/c1-5-16(3)26-23(29)17(4)27(13-18-8-6-7-9-21(18)25)22(28)14-30-19-10-11-20(24)15(2)12-19/h6-12,16-17H,5,13-14H2,1-4H3,(H,26,29)/t16-,17+/m0/s1. The van der Waals surface area contributed by atoms with Crippen LogP contribution in [-0.4, -0.2) is 35.4 Å². The maximum Gasteiger partial charge on any atom is 0.261 e. The van der Waals surface area contributed by atoms with E-state index in [1.165, 1.54) is 4.90 Å². The highest BCUT2D eigenvalue weighted by atomic mass is 35.5. The van der Waals surface area contributed by atoms with Crippen LogP contribution in [0.5, 0.6) is 5.75 Å². The number of aryl methyl sites for hydroxylation is 1. The molecule has 0 radical (unpaired) electrons. The van der Waals surface area contributed by atoms with E-state index in [0.717, 1.165) is 17.5 Å². The van der Waals surface area contributed by atoms with Crippen molar-refractivity contribution in [1.29, 1.82) is 0 Å². The summed E-state index contributed by atoms with van der Waals surface area (Å²) in [6.07, 6.45) is 0.802. The zero-order valence-electron chi connectivity index (χ0n) is 17.7. The molecule has 0 saturated carbocycles. The highest BCUT2D eigenvalue weighted by Gasteiger charge is 2.27. The summed E-state index contributed by atoms with van der Waals surface area (Å²) in [7, 11) is 0. The molecule has 162 valence electrons. The normalized spacial score (nSPS) is 12.7. The molecule has 30 heavy (non-hydrogen) atoms. The van der Waals surface area contributed by atoms with Gasteiger partial charge in [-0.2, -0.15) is 0 Å². The van der Waals surface area contributed by atoms with E-state index in [1.54, 1.807) is 31.2 Å². The van der Waals surface area contributed by atoms with E-state index >= 15 is 0 Å². The molecule has 0 saturated heterocycles. The molecule has 0 aliphatic heterocycles. The molecule has 0 aliphatic carbocycles. The van der Waals surface area contributed by atoms with Crippen LogP contribution in [-0.2, 0) is 16.1 Å². The average Bonchev–Trinajstić information content (AvgIpc) is 2.73. The zero-order valence-corrected chi connectivity index (χ0v) is 19.3. The second-order valence-corrected chi connectivity index (χ2v) is 8.12. The van der Waals surface area contributed by atoms with Gasteiger partial charge < -0.3 is 15.0 Å². The fourth-order valence-electron chi connectivity index (χ4n) is 2.79. The van der Waals surface area contributed by atoms with Crippen LogP contribution < -0.4 is 10.1 Å². The predicted molar refractivity (Wildman–Crippen MR) is 121 cm³/mol. The summed E-state index contributed by atoms with van der Waals surface area (Å²) in [4.78, 5) is 27.2. The molecule has 0 spiro atoms. The maximum absolute atomic E-state index is 13.0. The molecule has 0 aromatic heterocycles. The first kappa shape index (κ1) is 24.0. The molecular formula is C23H28Cl2N2O3. The minimum atomic E-state index is -0.682. The van der Waals surface area contributed by atoms with Crippen LogP contribution in [0.4, 0.5) is 0 Å². The van der Waals surface area contributed by atoms with Gasteiger partial charge in [0.15, 0.2) is 6.61 Å². The number of nitrogens with one attached hydrogen (secondary N) is 1. The third-order valence-corrected chi connectivity index (χ3v) is 5.75. The summed E-state index contributed by atoms with van der Waals surface area (Å²) in [6, 6.07) is 11.8. The van der Waals surface area contributed by atoms with E-state index < -0.39 is 6.04 Å². The molecule has 0 heterocycles. The number of hydrogen-bond acceptors (Lipinski definition) is 3. The summed E-state index contributed by atoms with van der Waals surface area (Å²) < 4.78 is 5.67. The quantitative estimate of drug-likeness (QED) is 0.583. The van der Waals surface area contributed by atoms with Crippen molar-refractivity contribution < 1.29 is 14.3 Å². The third kappa shape index (κ3) is 6.64. The minimum absolute atomic E-state index is 0.0190. The van der Waals surface area contributed by atoms with Crippen molar-refractivity contribution in [3.8, 4) is 5.75 Å². The Kier molecular flexibility index (Phi) is 9.00. The molecule has 2 atom stereocenters. The van der Waals surface area contributed by atoms with Gasteiger partial charge in [0, 0.05) is 22.6 Å². The van der Waals surface area contributed by atoms with Gasteiger partial charge in [-0.3, -0.25) is 9.59 Å². The summed E-state index contributed by atoms with van der Waals surface area (Å²) in [5, 5.41) is 4.10. The minimum Gasteiger partial charge on any atom is -0.484 e. The maximum atomic E-state index is 13.0. The second-order valence-electron chi connectivity index (χ2n) is 7.31. The van der Waals surface area contributed by atoms with E-state index in [0.29, 0.717) is 15.8 Å². The molecule has 2 aromatic rings. The first-order valence-corrected chi connectivity index (χ1v) is 10.7. The van der Waals surface area contributed by atoms with Crippen molar-refractivity contribution >= 4 is 35.0 Å². The molecule has 1 N–H and O–H groups in total. The molecule has 2 rings (SSSR count). The lowest BCUT2D eigenvalue weighted by molar-refractivity contribution is -0.142. The zero-order chi connectivity index (χ0) is 22.3. The molecule has 2 amide bonds. The van der Waals surface area contributed by atoms with Gasteiger partial charge >= 0.3 is 0 Å². The largest absolute Gasteiger partial charge is 0.484 e. The summed E-state index contributed by atoms with van der Waals surface area (Å²) in [5.41, 5.74) is 1.62. The van der Waals surface area contributed by atoms with E-state index in [4.69, 9.17) is 27.9 Å². The highest BCUT2D eigenvalue weighted by molar-refractivity contribution is 6.31. The van der Waals surface area contributed by atoms with Crippen LogP contribution in [0.25, 0.3) is 0 Å². The molecule has 0 aliphatic rings. The first-order valence-electron chi connectivity index (χ1n) is 9.95. The smallest absolute Gasteiger partial charge is 0.261 e. The fraction of sp³-hybridized carbons (Fsp3) is 0.391. The SMILES string of the molecule is CC[C@H](C)NC(=O)[C@@H](C)N(Cc1ccccc1Cl)C(=O)COc1ccc(Cl)c(C)c1. The van der Waals surface area contributed by atoms with E-state index in [-0.39, 0.29) is 31.0 Å². The molecule has 5 nitrogen and oxygen atoms in total. The van der Waals surface area contributed by atoms with Crippen molar-refractivity contribution in [2.24, 2.45) is 0 Å². The first-order chi connectivity index (χ1) is 14.2. The van der Waals surface area contributed by atoms with Crippen LogP contribution in [0.15, 0.2) is 42.5 Å². The average molecular weight is 451 g/mol. The summed E-state index contributed by atoms with van der Waals surface area (Å²) in [5.74, 6) is 0.0149. The molecule has 0 fully saturated rings. The van der Waals surface area contributed by atoms with Crippen LogP contribution >= 0.6 is 23.2 Å². The Morgan fingerprint density at radius 3 is 2.43 bits per heavy atom. The number of hydrogen-bond donors (Lipinski definition) is 1. The lowest BCUT2D eigenvalue weighted by Gasteiger charge is -2.30. The van der Waals surface area contributed by atoms with Gasteiger partial charge in [0.25, 0.3) is 5.91 Å². The van der Waals surface area contributed by atoms with Gasteiger partial charge in [-0.25, -0.2) is 0 Å². The van der Waals surface area contributed by atoms with Crippen LogP contribution in [0.2, 0.25) is 10.0 Å². The van der Waals surface area contributed by atoms with Crippen LogP contribution in [0.3, 0.4) is 0 Å². The Bertz CT molecular complexity index is 889. The van der Waals surface area contributed by atoms with Gasteiger partial charge in [-0.1, -0.05) is 48.3 Å². The molecule has 2 aromatic carbocycles. The Hall–Kier alpha value is -2.24. The monoisotopic (exact) mass is 450 g/mol. The number of nitrogens with zero attached hydrogens (tertiary/aromatic N) is 1. The van der Waals surface area contributed by atoms with Gasteiger partial charge in [0.05, 0.1) is 0 Å². The van der Waals surface area contributed by atoms with E-state index in [2.05, 4.69) is 5.32 Å². The highest BCUT2D eigenvalue weighted by Crippen LogP contribution is 2.22. The van der Waals surface area contributed by atoms with E-state index in [1.807, 2.05) is 39.0 Å². The molecule has 0 unspecified atom stereocenters. The van der Waals surface area contributed by atoms with Crippen LogP contribution in [0, 0.1) is 6.92 Å². The molecular weight excluding hydrogens is 423 g/mol. The fourth-order valence-corrected chi connectivity index (χ4v) is 3.11. The predicted octanol–water partition coefficient (Wildman–Crippen LogP) is 5.01. The Balaban J connectivity index is 2.18. The van der Waals surface area contributed by atoms with Gasteiger partial charge in [-0.15, -0.1) is 0 Å². The number of amides is 2.